The first-order valence-electron chi connectivity index (χ1n) is 6.08. The summed E-state index contributed by atoms with van der Waals surface area (Å²) in [5.74, 6) is -0.567. The summed E-state index contributed by atoms with van der Waals surface area (Å²) in [5, 5.41) is 12.1. The predicted octanol–water partition coefficient (Wildman–Crippen LogP) is 2.67. The van der Waals surface area contributed by atoms with Gasteiger partial charge in [0.25, 0.3) is 0 Å². The van der Waals surface area contributed by atoms with Gasteiger partial charge < -0.3 is 15.3 Å². The third kappa shape index (κ3) is 4.44. The Kier molecular flexibility index (Phi) is 4.27. The van der Waals surface area contributed by atoms with Gasteiger partial charge in [-0.3, -0.25) is 4.79 Å². The van der Waals surface area contributed by atoms with Crippen molar-refractivity contribution in [2.75, 3.05) is 18.4 Å². The fourth-order valence-corrected chi connectivity index (χ4v) is 1.86. The third-order valence-electron chi connectivity index (χ3n) is 2.88. The second-order valence-corrected chi connectivity index (χ2v) is 5.09. The molecule has 5 nitrogen and oxygen atoms in total. The van der Waals surface area contributed by atoms with Gasteiger partial charge in [-0.25, -0.2) is 4.79 Å². The molecule has 1 aromatic rings. The van der Waals surface area contributed by atoms with E-state index < -0.39 is 12.0 Å². The Hall–Kier alpha value is -1.75. The van der Waals surface area contributed by atoms with Gasteiger partial charge in [0.2, 0.25) is 0 Å². The lowest BCUT2D eigenvalue weighted by Crippen LogP contribution is -2.40. The number of carbonyl (C=O) groups is 2. The van der Waals surface area contributed by atoms with Crippen molar-refractivity contribution in [1.29, 1.82) is 0 Å². The molecule has 2 N–H and O–H groups in total. The number of hydrogen-bond donors (Lipinski definition) is 2. The Morgan fingerprint density at radius 3 is 2.47 bits per heavy atom. The molecule has 2 rings (SSSR count). The van der Waals surface area contributed by atoms with Gasteiger partial charge in [-0.2, -0.15) is 0 Å². The highest BCUT2D eigenvalue weighted by Gasteiger charge is 2.27. The summed E-state index contributed by atoms with van der Waals surface area (Å²) in [6.07, 6.45) is 2.12. The summed E-state index contributed by atoms with van der Waals surface area (Å²) in [4.78, 5) is 24.1. The Bertz CT molecular complexity index is 471. The van der Waals surface area contributed by atoms with Gasteiger partial charge >= 0.3 is 12.0 Å². The van der Waals surface area contributed by atoms with E-state index in [0.717, 1.165) is 12.8 Å². The molecule has 0 saturated heterocycles. The number of nitrogens with one attached hydrogen (secondary N) is 1. The number of benzene rings is 1. The number of anilines is 1. The molecule has 0 heterocycles. The smallest absolute Gasteiger partial charge is 0.323 e. The van der Waals surface area contributed by atoms with Crippen LogP contribution < -0.4 is 5.32 Å². The summed E-state index contributed by atoms with van der Waals surface area (Å²) in [7, 11) is 0. The number of halogens is 1. The molecule has 1 aliphatic rings. The van der Waals surface area contributed by atoms with Gasteiger partial charge in [0, 0.05) is 17.3 Å². The number of carboxylic acids is 1. The quantitative estimate of drug-likeness (QED) is 0.872. The van der Waals surface area contributed by atoms with Crippen LogP contribution in [0.4, 0.5) is 10.5 Å². The maximum absolute atomic E-state index is 12.0. The number of urea groups is 1. The molecule has 0 bridgehead atoms. The van der Waals surface area contributed by atoms with E-state index in [1.54, 1.807) is 24.3 Å². The molecule has 0 spiro atoms. The fraction of sp³-hybridized carbons (Fsp3) is 0.385. The number of aliphatic carboxylic acids is 1. The van der Waals surface area contributed by atoms with Crippen molar-refractivity contribution in [3.8, 4) is 0 Å². The fourth-order valence-electron chi connectivity index (χ4n) is 1.73. The van der Waals surface area contributed by atoms with Crippen molar-refractivity contribution in [3.05, 3.63) is 29.3 Å². The van der Waals surface area contributed by atoms with Crippen molar-refractivity contribution in [3.63, 3.8) is 0 Å². The van der Waals surface area contributed by atoms with Crippen LogP contribution in [0.5, 0.6) is 0 Å². The Balaban J connectivity index is 1.97. The van der Waals surface area contributed by atoms with Gasteiger partial charge in [-0.1, -0.05) is 11.6 Å². The number of carboxylic acid groups (broad SMARTS) is 1. The van der Waals surface area contributed by atoms with Gasteiger partial charge in [0.1, 0.15) is 6.54 Å². The van der Waals surface area contributed by atoms with E-state index >= 15 is 0 Å². The van der Waals surface area contributed by atoms with Crippen LogP contribution in [-0.4, -0.2) is 35.1 Å². The molecule has 0 unspecified atom stereocenters. The highest BCUT2D eigenvalue weighted by Crippen LogP contribution is 2.29. The molecule has 6 heteroatoms. The lowest BCUT2D eigenvalue weighted by molar-refractivity contribution is -0.137. The minimum absolute atomic E-state index is 0.282. The molecule has 0 aliphatic heterocycles. The SMILES string of the molecule is O=C(O)CN(CC1CC1)C(=O)Nc1ccc(Cl)cc1. The van der Waals surface area contributed by atoms with E-state index in [0.29, 0.717) is 23.2 Å². The molecule has 1 aliphatic carbocycles. The zero-order valence-electron chi connectivity index (χ0n) is 10.3. The predicted molar refractivity (Wildman–Crippen MR) is 72.4 cm³/mol. The lowest BCUT2D eigenvalue weighted by atomic mass is 10.3. The van der Waals surface area contributed by atoms with Crippen LogP contribution in [0.3, 0.4) is 0 Å². The summed E-state index contributed by atoms with van der Waals surface area (Å²) in [5.41, 5.74) is 0.598. The van der Waals surface area contributed by atoms with Crippen molar-refractivity contribution in [2.24, 2.45) is 5.92 Å². The molecule has 0 atom stereocenters. The summed E-state index contributed by atoms with van der Waals surface area (Å²) >= 11 is 5.76. The van der Waals surface area contributed by atoms with E-state index in [4.69, 9.17) is 16.7 Å². The number of carbonyl (C=O) groups excluding carboxylic acids is 1. The van der Waals surface area contributed by atoms with Gasteiger partial charge in [0.15, 0.2) is 0 Å². The molecule has 102 valence electrons. The minimum atomic E-state index is -1.01. The first-order chi connectivity index (χ1) is 9.04. The van der Waals surface area contributed by atoms with Crippen LogP contribution >= 0.6 is 11.6 Å². The molecule has 2 amide bonds. The Morgan fingerprint density at radius 2 is 1.95 bits per heavy atom. The Labute approximate surface area is 116 Å². The van der Waals surface area contributed by atoms with Crippen LogP contribution in [0.25, 0.3) is 0 Å². The third-order valence-corrected chi connectivity index (χ3v) is 3.14. The van der Waals surface area contributed by atoms with E-state index in [-0.39, 0.29) is 6.54 Å². The molecule has 1 aromatic carbocycles. The van der Waals surface area contributed by atoms with E-state index in [1.165, 1.54) is 4.90 Å². The van der Waals surface area contributed by atoms with Crippen molar-refractivity contribution >= 4 is 29.3 Å². The maximum Gasteiger partial charge on any atom is 0.323 e. The van der Waals surface area contributed by atoms with E-state index in [2.05, 4.69) is 5.32 Å². The first-order valence-corrected chi connectivity index (χ1v) is 6.45. The molecule has 1 saturated carbocycles. The average molecular weight is 283 g/mol. The topological polar surface area (TPSA) is 69.6 Å². The first kappa shape index (κ1) is 13.7. The molecule has 1 fully saturated rings. The average Bonchev–Trinajstić information content (AvgIpc) is 3.14. The van der Waals surface area contributed by atoms with Crippen LogP contribution in [0.1, 0.15) is 12.8 Å². The highest BCUT2D eigenvalue weighted by molar-refractivity contribution is 6.30. The zero-order chi connectivity index (χ0) is 13.8. The maximum atomic E-state index is 12.0. The normalized spacial score (nSPS) is 13.9. The summed E-state index contributed by atoms with van der Waals surface area (Å²) < 4.78 is 0. The van der Waals surface area contributed by atoms with Crippen molar-refractivity contribution in [1.82, 2.24) is 4.90 Å². The van der Waals surface area contributed by atoms with Crippen molar-refractivity contribution < 1.29 is 14.7 Å². The zero-order valence-corrected chi connectivity index (χ0v) is 11.1. The number of nitrogens with zero attached hydrogens (tertiary/aromatic N) is 1. The summed E-state index contributed by atoms with van der Waals surface area (Å²) in [6, 6.07) is 6.29. The van der Waals surface area contributed by atoms with Crippen LogP contribution in [0.2, 0.25) is 5.02 Å². The molecule has 0 aromatic heterocycles. The minimum Gasteiger partial charge on any atom is -0.480 e. The molecular formula is C13H15ClN2O3. The second kappa shape index (κ2) is 5.93. The molecule has 0 radical (unpaired) electrons. The van der Waals surface area contributed by atoms with Crippen LogP contribution in [0.15, 0.2) is 24.3 Å². The lowest BCUT2D eigenvalue weighted by Gasteiger charge is -2.21. The highest BCUT2D eigenvalue weighted by atomic mass is 35.5. The van der Waals surface area contributed by atoms with Gasteiger partial charge in [0.05, 0.1) is 0 Å². The number of hydrogen-bond acceptors (Lipinski definition) is 2. The summed E-state index contributed by atoms with van der Waals surface area (Å²) in [6.45, 7) is 0.210. The monoisotopic (exact) mass is 282 g/mol. The van der Waals surface area contributed by atoms with Crippen LogP contribution in [0, 0.1) is 5.92 Å². The van der Waals surface area contributed by atoms with Gasteiger partial charge in [-0.05, 0) is 43.0 Å². The number of amides is 2. The van der Waals surface area contributed by atoms with Crippen molar-refractivity contribution in [2.45, 2.75) is 12.8 Å². The van der Waals surface area contributed by atoms with Crippen LogP contribution in [-0.2, 0) is 4.79 Å². The van der Waals surface area contributed by atoms with E-state index in [9.17, 15) is 9.59 Å². The Morgan fingerprint density at radius 1 is 1.32 bits per heavy atom. The molecule has 19 heavy (non-hydrogen) atoms. The molecular weight excluding hydrogens is 268 g/mol. The largest absolute Gasteiger partial charge is 0.480 e. The van der Waals surface area contributed by atoms with E-state index in [1.807, 2.05) is 0 Å². The van der Waals surface area contributed by atoms with Gasteiger partial charge in [-0.15, -0.1) is 0 Å². The standard InChI is InChI=1S/C13H15ClN2O3/c14-10-3-5-11(6-4-10)15-13(19)16(8-12(17)18)7-9-1-2-9/h3-6,9H,1-2,7-8H2,(H,15,19)(H,17,18). The second-order valence-electron chi connectivity index (χ2n) is 4.65. The number of rotatable bonds is 5.